The first-order valence-electron chi connectivity index (χ1n) is 5.86. The van der Waals surface area contributed by atoms with Crippen LogP contribution in [-0.4, -0.2) is 30.5 Å². The molecule has 3 nitrogen and oxygen atoms in total. The molecule has 1 heterocycles. The molecule has 0 amide bonds. The van der Waals surface area contributed by atoms with Gasteiger partial charge in [0.15, 0.2) is 5.96 Å². The number of aliphatic imine (C=N–C) groups is 1. The van der Waals surface area contributed by atoms with Crippen LogP contribution in [0, 0.1) is 11.8 Å². The summed E-state index contributed by atoms with van der Waals surface area (Å²) in [5.74, 6) is 2.59. The second-order valence-electron chi connectivity index (χ2n) is 4.60. The van der Waals surface area contributed by atoms with Crippen LogP contribution in [0.1, 0.15) is 32.6 Å². The van der Waals surface area contributed by atoms with Crippen molar-refractivity contribution in [2.45, 2.75) is 32.6 Å². The lowest BCUT2D eigenvalue weighted by Crippen LogP contribution is -2.36. The summed E-state index contributed by atoms with van der Waals surface area (Å²) < 4.78 is 0. The summed E-state index contributed by atoms with van der Waals surface area (Å²) in [6.45, 7) is 5.32. The van der Waals surface area contributed by atoms with Crippen LogP contribution >= 0.6 is 0 Å². The molecular formula is C11H21N3. The predicted octanol–water partition coefficient (Wildman–Crippen LogP) is 1.44. The van der Waals surface area contributed by atoms with Crippen molar-refractivity contribution in [2.24, 2.45) is 22.6 Å². The fraction of sp³-hybridized carbons (Fsp3) is 0.909. The minimum Gasteiger partial charge on any atom is -0.370 e. The standard InChI is InChI=1S/C11H21N3/c1-2-6-13-11(12)14-7-9-4-3-5-10(9)8-14/h9-10H,2-8H2,1H3,(H2,12,13). The third-order valence-electron chi connectivity index (χ3n) is 3.55. The molecule has 80 valence electrons. The monoisotopic (exact) mass is 195 g/mol. The van der Waals surface area contributed by atoms with E-state index in [2.05, 4.69) is 16.8 Å². The van der Waals surface area contributed by atoms with Crippen LogP contribution in [0.5, 0.6) is 0 Å². The summed E-state index contributed by atoms with van der Waals surface area (Å²) in [4.78, 5) is 6.65. The topological polar surface area (TPSA) is 41.6 Å². The van der Waals surface area contributed by atoms with Crippen LogP contribution in [-0.2, 0) is 0 Å². The predicted molar refractivity (Wildman–Crippen MR) is 59.2 cm³/mol. The SMILES string of the molecule is CCCN=C(N)N1CC2CCCC2C1. The van der Waals surface area contributed by atoms with Gasteiger partial charge >= 0.3 is 0 Å². The van der Waals surface area contributed by atoms with E-state index in [1.807, 2.05) is 0 Å². The molecule has 1 saturated heterocycles. The van der Waals surface area contributed by atoms with Crippen molar-refractivity contribution in [3.63, 3.8) is 0 Å². The van der Waals surface area contributed by atoms with Crippen LogP contribution < -0.4 is 5.73 Å². The van der Waals surface area contributed by atoms with Gasteiger partial charge in [0.25, 0.3) is 0 Å². The molecule has 2 atom stereocenters. The van der Waals surface area contributed by atoms with Crippen molar-refractivity contribution in [1.29, 1.82) is 0 Å². The summed E-state index contributed by atoms with van der Waals surface area (Å²) in [6.07, 6.45) is 5.32. The number of rotatable bonds is 2. The molecule has 1 saturated carbocycles. The largest absolute Gasteiger partial charge is 0.370 e. The summed E-state index contributed by atoms with van der Waals surface area (Å²) in [7, 11) is 0. The lowest BCUT2D eigenvalue weighted by Gasteiger charge is -2.17. The highest BCUT2D eigenvalue weighted by Gasteiger charge is 2.36. The van der Waals surface area contributed by atoms with Gasteiger partial charge in [-0.2, -0.15) is 0 Å². The van der Waals surface area contributed by atoms with Gasteiger partial charge in [-0.25, -0.2) is 0 Å². The Hall–Kier alpha value is -0.730. The number of guanidine groups is 1. The first kappa shape index (κ1) is 9.81. The molecule has 0 aromatic heterocycles. The van der Waals surface area contributed by atoms with Gasteiger partial charge in [-0.15, -0.1) is 0 Å². The summed E-state index contributed by atoms with van der Waals surface area (Å²) >= 11 is 0. The maximum absolute atomic E-state index is 5.94. The Kier molecular flexibility index (Phi) is 2.94. The third kappa shape index (κ3) is 1.86. The van der Waals surface area contributed by atoms with Crippen molar-refractivity contribution >= 4 is 5.96 Å². The normalized spacial score (nSPS) is 32.4. The Morgan fingerprint density at radius 1 is 1.36 bits per heavy atom. The van der Waals surface area contributed by atoms with Gasteiger partial charge < -0.3 is 10.6 Å². The van der Waals surface area contributed by atoms with E-state index in [4.69, 9.17) is 5.73 Å². The van der Waals surface area contributed by atoms with E-state index in [9.17, 15) is 0 Å². The summed E-state index contributed by atoms with van der Waals surface area (Å²) in [5, 5.41) is 0. The summed E-state index contributed by atoms with van der Waals surface area (Å²) in [5.41, 5.74) is 5.94. The van der Waals surface area contributed by atoms with Crippen molar-refractivity contribution in [3.05, 3.63) is 0 Å². The number of nitrogens with zero attached hydrogens (tertiary/aromatic N) is 2. The molecule has 2 N–H and O–H groups in total. The van der Waals surface area contributed by atoms with Crippen molar-refractivity contribution in [2.75, 3.05) is 19.6 Å². The molecule has 2 fully saturated rings. The summed E-state index contributed by atoms with van der Waals surface area (Å²) in [6, 6.07) is 0. The first-order chi connectivity index (χ1) is 6.81. The number of hydrogen-bond donors (Lipinski definition) is 1. The lowest BCUT2D eigenvalue weighted by atomic mass is 10.0. The third-order valence-corrected chi connectivity index (χ3v) is 3.55. The molecule has 14 heavy (non-hydrogen) atoms. The van der Waals surface area contributed by atoms with Gasteiger partial charge in [-0.05, 0) is 31.1 Å². The van der Waals surface area contributed by atoms with Crippen LogP contribution in [0.2, 0.25) is 0 Å². The molecular weight excluding hydrogens is 174 g/mol. The van der Waals surface area contributed by atoms with Gasteiger partial charge in [0.1, 0.15) is 0 Å². The zero-order valence-corrected chi connectivity index (χ0v) is 9.08. The van der Waals surface area contributed by atoms with Gasteiger partial charge in [-0.3, -0.25) is 4.99 Å². The maximum atomic E-state index is 5.94. The van der Waals surface area contributed by atoms with E-state index in [0.717, 1.165) is 43.9 Å². The van der Waals surface area contributed by atoms with Gasteiger partial charge in [0, 0.05) is 19.6 Å². The molecule has 0 aromatic carbocycles. The van der Waals surface area contributed by atoms with E-state index in [0.29, 0.717) is 0 Å². The average Bonchev–Trinajstić information content (AvgIpc) is 2.72. The molecule has 0 spiro atoms. The van der Waals surface area contributed by atoms with Gasteiger partial charge in [0.2, 0.25) is 0 Å². The molecule has 2 unspecified atom stereocenters. The zero-order valence-electron chi connectivity index (χ0n) is 9.08. The minimum atomic E-state index is 0.779. The zero-order chi connectivity index (χ0) is 9.97. The molecule has 0 bridgehead atoms. The van der Waals surface area contributed by atoms with Crippen LogP contribution in [0.15, 0.2) is 4.99 Å². The molecule has 2 rings (SSSR count). The van der Waals surface area contributed by atoms with Crippen molar-refractivity contribution in [1.82, 2.24) is 4.90 Å². The van der Waals surface area contributed by atoms with Crippen molar-refractivity contribution < 1.29 is 0 Å². The smallest absolute Gasteiger partial charge is 0.191 e. The molecule has 2 aliphatic rings. The number of nitrogens with two attached hydrogens (primary N) is 1. The second kappa shape index (κ2) is 4.20. The van der Waals surface area contributed by atoms with E-state index >= 15 is 0 Å². The van der Waals surface area contributed by atoms with E-state index < -0.39 is 0 Å². The highest BCUT2D eigenvalue weighted by atomic mass is 15.3. The first-order valence-corrected chi connectivity index (χ1v) is 5.86. The second-order valence-corrected chi connectivity index (χ2v) is 4.60. The maximum Gasteiger partial charge on any atom is 0.191 e. The lowest BCUT2D eigenvalue weighted by molar-refractivity contribution is 0.457. The number of fused-ring (bicyclic) bond motifs is 1. The molecule has 1 aliphatic carbocycles. The van der Waals surface area contributed by atoms with E-state index in [1.165, 1.54) is 19.3 Å². The Labute approximate surface area is 86.4 Å². The molecule has 1 aliphatic heterocycles. The van der Waals surface area contributed by atoms with Crippen LogP contribution in [0.3, 0.4) is 0 Å². The average molecular weight is 195 g/mol. The Bertz CT molecular complexity index is 213. The van der Waals surface area contributed by atoms with Gasteiger partial charge in [-0.1, -0.05) is 13.3 Å². The number of hydrogen-bond acceptors (Lipinski definition) is 1. The van der Waals surface area contributed by atoms with E-state index in [1.54, 1.807) is 0 Å². The molecule has 3 heteroatoms. The number of likely N-dealkylation sites (tertiary alicyclic amines) is 1. The van der Waals surface area contributed by atoms with E-state index in [-0.39, 0.29) is 0 Å². The van der Waals surface area contributed by atoms with Crippen LogP contribution in [0.25, 0.3) is 0 Å². The Morgan fingerprint density at radius 3 is 2.57 bits per heavy atom. The van der Waals surface area contributed by atoms with Crippen LogP contribution in [0.4, 0.5) is 0 Å². The highest BCUT2D eigenvalue weighted by molar-refractivity contribution is 5.78. The fourth-order valence-corrected chi connectivity index (χ4v) is 2.75. The molecule has 0 aromatic rings. The fourth-order valence-electron chi connectivity index (χ4n) is 2.75. The molecule has 0 radical (unpaired) electrons. The Balaban J connectivity index is 1.89. The van der Waals surface area contributed by atoms with Gasteiger partial charge in [0.05, 0.1) is 0 Å². The minimum absolute atomic E-state index is 0.779. The Morgan fingerprint density at radius 2 is 2.00 bits per heavy atom. The highest BCUT2D eigenvalue weighted by Crippen LogP contribution is 2.37. The quantitative estimate of drug-likeness (QED) is 0.535. The van der Waals surface area contributed by atoms with Crippen molar-refractivity contribution in [3.8, 4) is 0 Å².